The van der Waals surface area contributed by atoms with Crippen LogP contribution in [0.15, 0.2) is 88.9 Å². The van der Waals surface area contributed by atoms with E-state index in [-0.39, 0.29) is 22.4 Å². The first-order chi connectivity index (χ1) is 15.5. The highest BCUT2D eigenvalue weighted by atomic mass is 16.3. The van der Waals surface area contributed by atoms with Crippen LogP contribution in [-0.2, 0) is 6.54 Å². The molecule has 2 heterocycles. The molecule has 2 aromatic carbocycles. The van der Waals surface area contributed by atoms with Crippen LogP contribution in [-0.4, -0.2) is 33.7 Å². The molecule has 160 valence electrons. The lowest BCUT2D eigenvalue weighted by molar-refractivity contribution is 0.0952. The monoisotopic (exact) mass is 427 g/mol. The molecule has 2 aromatic heterocycles. The van der Waals surface area contributed by atoms with Gasteiger partial charge in [-0.05, 0) is 29.8 Å². The SMILES string of the molecule is CN(Cc1ccccc1)c1nc2ccccn2c(=O)c1/C=N/NC(=O)c1ccccc1O. The molecule has 0 aliphatic heterocycles. The number of phenolic OH excluding ortho intramolecular Hbond substituents is 1. The summed E-state index contributed by atoms with van der Waals surface area (Å²) in [6, 6.07) is 21.3. The normalized spacial score (nSPS) is 11.0. The fraction of sp³-hybridized carbons (Fsp3) is 0.0833. The van der Waals surface area contributed by atoms with Crippen molar-refractivity contribution >= 4 is 23.6 Å². The zero-order valence-corrected chi connectivity index (χ0v) is 17.3. The van der Waals surface area contributed by atoms with E-state index < -0.39 is 5.91 Å². The fourth-order valence-corrected chi connectivity index (χ4v) is 3.31. The zero-order chi connectivity index (χ0) is 22.5. The Bertz CT molecular complexity index is 1350. The molecule has 8 nitrogen and oxygen atoms in total. The van der Waals surface area contributed by atoms with Crippen LogP contribution in [0, 0.1) is 0 Å². The number of nitrogens with one attached hydrogen (secondary N) is 1. The number of nitrogens with zero attached hydrogens (tertiary/aromatic N) is 4. The van der Waals surface area contributed by atoms with Crippen LogP contribution in [0.1, 0.15) is 21.5 Å². The maximum absolute atomic E-state index is 13.2. The number of hydrogen-bond donors (Lipinski definition) is 2. The lowest BCUT2D eigenvalue weighted by Gasteiger charge is -2.20. The predicted octanol–water partition coefficient (Wildman–Crippen LogP) is 2.80. The van der Waals surface area contributed by atoms with Gasteiger partial charge in [0.2, 0.25) is 0 Å². The van der Waals surface area contributed by atoms with Crippen LogP contribution in [0.2, 0.25) is 0 Å². The summed E-state index contributed by atoms with van der Waals surface area (Å²) < 4.78 is 1.42. The van der Waals surface area contributed by atoms with Gasteiger partial charge in [-0.1, -0.05) is 48.5 Å². The second-order valence-electron chi connectivity index (χ2n) is 7.14. The molecule has 0 aliphatic rings. The van der Waals surface area contributed by atoms with Crippen molar-refractivity contribution in [3.05, 3.63) is 106 Å². The molecule has 0 saturated heterocycles. The van der Waals surface area contributed by atoms with Crippen molar-refractivity contribution < 1.29 is 9.90 Å². The van der Waals surface area contributed by atoms with Gasteiger partial charge in [-0.2, -0.15) is 5.10 Å². The fourth-order valence-electron chi connectivity index (χ4n) is 3.31. The molecule has 0 saturated carbocycles. The number of hydrogen-bond acceptors (Lipinski definition) is 6. The van der Waals surface area contributed by atoms with E-state index >= 15 is 0 Å². The number of benzene rings is 2. The number of phenols is 1. The van der Waals surface area contributed by atoms with Crippen molar-refractivity contribution in [3.8, 4) is 5.75 Å². The van der Waals surface area contributed by atoms with E-state index in [0.717, 1.165) is 5.56 Å². The number of aromatic nitrogens is 2. The summed E-state index contributed by atoms with van der Waals surface area (Å²) in [6.45, 7) is 0.529. The second kappa shape index (κ2) is 9.13. The highest BCUT2D eigenvalue weighted by Crippen LogP contribution is 2.17. The average molecular weight is 427 g/mol. The Hall–Kier alpha value is -4.46. The Morgan fingerprint density at radius 3 is 2.59 bits per heavy atom. The average Bonchev–Trinajstić information content (AvgIpc) is 2.81. The maximum atomic E-state index is 13.2. The molecule has 0 unspecified atom stereocenters. The Balaban J connectivity index is 1.68. The number of carbonyl (C=O) groups excluding carboxylic acids is 1. The predicted molar refractivity (Wildman–Crippen MR) is 123 cm³/mol. The molecule has 0 bridgehead atoms. The van der Waals surface area contributed by atoms with Gasteiger partial charge in [0.05, 0.1) is 11.8 Å². The van der Waals surface area contributed by atoms with Gasteiger partial charge in [0.25, 0.3) is 11.5 Å². The van der Waals surface area contributed by atoms with Gasteiger partial charge in [-0.15, -0.1) is 0 Å². The van der Waals surface area contributed by atoms with Crippen molar-refractivity contribution in [1.82, 2.24) is 14.8 Å². The molecule has 4 aromatic rings. The summed E-state index contributed by atoms with van der Waals surface area (Å²) in [5.74, 6) is -0.311. The van der Waals surface area contributed by atoms with E-state index in [1.165, 1.54) is 22.7 Å². The number of rotatable bonds is 6. The van der Waals surface area contributed by atoms with Gasteiger partial charge in [0.1, 0.15) is 22.8 Å². The van der Waals surface area contributed by atoms with E-state index in [9.17, 15) is 14.7 Å². The van der Waals surface area contributed by atoms with Gasteiger partial charge in [-0.25, -0.2) is 10.4 Å². The molecule has 0 aliphatic carbocycles. The van der Waals surface area contributed by atoms with Crippen LogP contribution in [0.25, 0.3) is 5.65 Å². The molecule has 32 heavy (non-hydrogen) atoms. The summed E-state index contributed by atoms with van der Waals surface area (Å²) in [4.78, 5) is 32.0. The quantitative estimate of drug-likeness (QED) is 0.364. The first-order valence-electron chi connectivity index (χ1n) is 9.92. The topological polar surface area (TPSA) is 99.3 Å². The zero-order valence-electron chi connectivity index (χ0n) is 17.3. The smallest absolute Gasteiger partial charge is 0.275 e. The van der Waals surface area contributed by atoms with E-state index in [0.29, 0.717) is 18.0 Å². The number of anilines is 1. The van der Waals surface area contributed by atoms with Gasteiger partial charge in [0, 0.05) is 19.8 Å². The molecule has 0 atom stereocenters. The van der Waals surface area contributed by atoms with Gasteiger partial charge in [0.15, 0.2) is 0 Å². The molecule has 1 amide bonds. The van der Waals surface area contributed by atoms with Crippen molar-refractivity contribution in [2.45, 2.75) is 6.54 Å². The lowest BCUT2D eigenvalue weighted by atomic mass is 10.2. The molecule has 4 rings (SSSR count). The van der Waals surface area contributed by atoms with Gasteiger partial charge >= 0.3 is 0 Å². The number of hydrazone groups is 1. The Labute approximate surface area is 184 Å². The minimum atomic E-state index is -0.590. The van der Waals surface area contributed by atoms with Crippen LogP contribution >= 0.6 is 0 Å². The van der Waals surface area contributed by atoms with Crippen molar-refractivity contribution in [1.29, 1.82) is 0 Å². The third kappa shape index (κ3) is 4.34. The van der Waals surface area contributed by atoms with Gasteiger partial charge < -0.3 is 10.0 Å². The largest absolute Gasteiger partial charge is 0.507 e. The first kappa shape index (κ1) is 20.8. The highest BCUT2D eigenvalue weighted by Gasteiger charge is 2.16. The molecular weight excluding hydrogens is 406 g/mol. The highest BCUT2D eigenvalue weighted by molar-refractivity contribution is 5.97. The summed E-state index contributed by atoms with van der Waals surface area (Å²) >= 11 is 0. The minimum Gasteiger partial charge on any atom is -0.507 e. The van der Waals surface area contributed by atoms with E-state index in [1.807, 2.05) is 48.3 Å². The van der Waals surface area contributed by atoms with Crippen LogP contribution in [0.3, 0.4) is 0 Å². The Morgan fingerprint density at radius 2 is 1.81 bits per heavy atom. The van der Waals surface area contributed by atoms with Crippen LogP contribution in [0.5, 0.6) is 5.75 Å². The van der Waals surface area contributed by atoms with Crippen molar-refractivity contribution in [3.63, 3.8) is 0 Å². The molecule has 0 spiro atoms. The maximum Gasteiger partial charge on any atom is 0.275 e. The molecule has 2 N–H and O–H groups in total. The van der Waals surface area contributed by atoms with Crippen molar-refractivity contribution in [2.24, 2.45) is 5.10 Å². The number of aromatic hydroxyl groups is 1. The second-order valence-corrected chi connectivity index (χ2v) is 7.14. The van der Waals surface area contributed by atoms with E-state index in [4.69, 9.17) is 0 Å². The third-order valence-corrected chi connectivity index (χ3v) is 4.88. The van der Waals surface area contributed by atoms with E-state index in [2.05, 4.69) is 15.5 Å². The number of amides is 1. The number of pyridine rings is 1. The summed E-state index contributed by atoms with van der Waals surface area (Å²) in [7, 11) is 1.84. The number of para-hydroxylation sites is 1. The summed E-state index contributed by atoms with van der Waals surface area (Å²) in [5, 5.41) is 13.8. The number of fused-ring (bicyclic) bond motifs is 1. The molecule has 0 radical (unpaired) electrons. The molecule has 0 fully saturated rings. The van der Waals surface area contributed by atoms with Crippen molar-refractivity contribution in [2.75, 3.05) is 11.9 Å². The van der Waals surface area contributed by atoms with E-state index in [1.54, 1.807) is 30.5 Å². The van der Waals surface area contributed by atoms with Crippen LogP contribution in [0.4, 0.5) is 5.82 Å². The Morgan fingerprint density at radius 1 is 1.09 bits per heavy atom. The Kier molecular flexibility index (Phi) is 5.94. The number of carbonyl (C=O) groups is 1. The molecular formula is C24H21N5O3. The van der Waals surface area contributed by atoms with Crippen LogP contribution < -0.4 is 15.9 Å². The lowest BCUT2D eigenvalue weighted by Crippen LogP contribution is -2.28. The molecule has 8 heteroatoms. The first-order valence-corrected chi connectivity index (χ1v) is 9.92. The summed E-state index contributed by atoms with van der Waals surface area (Å²) in [5.41, 5.74) is 3.91. The van der Waals surface area contributed by atoms with Gasteiger partial charge in [-0.3, -0.25) is 14.0 Å². The standard InChI is InChI=1S/C24H21N5O3/c1-28(16-17-9-3-2-4-10-17)22-19(24(32)29-14-8-7-13-21(29)26-22)15-25-27-23(31)18-11-5-6-12-20(18)30/h2-15,30H,16H2,1H3,(H,27,31)/b25-15+. The summed E-state index contributed by atoms with van der Waals surface area (Å²) in [6.07, 6.45) is 2.91. The minimum absolute atomic E-state index is 0.0828. The third-order valence-electron chi connectivity index (χ3n) is 4.88.